The third kappa shape index (κ3) is 4.59. The highest BCUT2D eigenvalue weighted by Gasteiger charge is 2.33. The van der Waals surface area contributed by atoms with Gasteiger partial charge < -0.3 is 9.84 Å². The topological polar surface area (TPSA) is 124 Å². The van der Waals surface area contributed by atoms with Crippen molar-refractivity contribution in [3.63, 3.8) is 0 Å². The van der Waals surface area contributed by atoms with Crippen molar-refractivity contribution >= 4 is 29.1 Å². The number of hydrogen-bond donors (Lipinski definition) is 1. The van der Waals surface area contributed by atoms with Gasteiger partial charge in [0.15, 0.2) is 4.80 Å². The Bertz CT molecular complexity index is 1560. The quantitative estimate of drug-likeness (QED) is 0.309. The Kier molecular flexibility index (Phi) is 6.89. The largest absolute Gasteiger partial charge is 0.507 e. The third-order valence-electron chi connectivity index (χ3n) is 5.94. The molecule has 186 valence electrons. The lowest BCUT2D eigenvalue weighted by atomic mass is 9.93. The molecule has 9 nitrogen and oxygen atoms in total. The molecule has 2 heterocycles. The zero-order chi connectivity index (χ0) is 26.1. The van der Waals surface area contributed by atoms with Crippen molar-refractivity contribution in [1.82, 2.24) is 4.57 Å². The van der Waals surface area contributed by atoms with E-state index in [2.05, 4.69) is 18.8 Å². The van der Waals surface area contributed by atoms with E-state index in [0.717, 1.165) is 22.5 Å². The zero-order valence-electron chi connectivity index (χ0n) is 20.2. The van der Waals surface area contributed by atoms with Crippen LogP contribution in [0.25, 0.3) is 6.08 Å². The summed E-state index contributed by atoms with van der Waals surface area (Å²) in [5.41, 5.74) is 2.04. The monoisotopic (exact) mass is 507 g/mol. The molecule has 0 radical (unpaired) electrons. The number of thiazole rings is 1. The number of rotatable bonds is 6. The van der Waals surface area contributed by atoms with Crippen molar-refractivity contribution in [2.24, 2.45) is 4.99 Å². The van der Waals surface area contributed by atoms with E-state index in [4.69, 9.17) is 4.74 Å². The van der Waals surface area contributed by atoms with Crippen LogP contribution < -0.4 is 14.9 Å². The molecule has 0 spiro atoms. The number of hydrogen-bond acceptors (Lipinski definition) is 8. The van der Waals surface area contributed by atoms with Crippen LogP contribution in [-0.4, -0.2) is 27.2 Å². The number of benzene rings is 2. The number of fused-ring (bicyclic) bond motifs is 1. The fourth-order valence-corrected chi connectivity index (χ4v) is 5.12. The Balaban J connectivity index is 1.95. The number of nitrogens with zero attached hydrogens (tertiary/aromatic N) is 3. The molecule has 1 aliphatic heterocycles. The van der Waals surface area contributed by atoms with E-state index < -0.39 is 22.5 Å². The normalized spacial score (nSPS) is 15.6. The van der Waals surface area contributed by atoms with Crippen LogP contribution in [0.4, 0.5) is 5.69 Å². The number of nitro groups is 1. The van der Waals surface area contributed by atoms with Crippen LogP contribution in [0.5, 0.6) is 5.75 Å². The van der Waals surface area contributed by atoms with Crippen LogP contribution in [0.2, 0.25) is 0 Å². The average molecular weight is 508 g/mol. The molecule has 1 atom stereocenters. The van der Waals surface area contributed by atoms with E-state index >= 15 is 0 Å². The van der Waals surface area contributed by atoms with Gasteiger partial charge in [0, 0.05) is 17.7 Å². The van der Waals surface area contributed by atoms with Crippen LogP contribution in [0.1, 0.15) is 56.3 Å². The second-order valence-corrected chi connectivity index (χ2v) is 9.63. The molecule has 36 heavy (non-hydrogen) atoms. The molecule has 0 bridgehead atoms. The molecule has 0 saturated heterocycles. The highest BCUT2D eigenvalue weighted by Crippen LogP contribution is 2.31. The number of nitro benzene ring substituents is 1. The third-order valence-corrected chi connectivity index (χ3v) is 6.93. The zero-order valence-corrected chi connectivity index (χ0v) is 21.0. The molecule has 0 unspecified atom stereocenters. The number of allylic oxidation sites excluding steroid dienone is 1. The molecular weight excluding hydrogens is 482 g/mol. The number of carbonyl (C=O) groups is 1. The molecule has 3 aromatic rings. The number of esters is 1. The van der Waals surface area contributed by atoms with Gasteiger partial charge in [-0.25, -0.2) is 9.79 Å². The number of phenolic OH excluding ortho intramolecular Hbond substituents is 1. The van der Waals surface area contributed by atoms with Crippen molar-refractivity contribution in [3.8, 4) is 5.75 Å². The standard InChI is InChI=1S/C26H25N3O6S/c1-5-35-25(32)22-15(4)27-26-28(23(22)17-8-6-16(7-9-17)14(2)3)24(31)21(36-26)13-18-12-19(29(33)34)10-11-20(18)30/h6-14,23,30H,5H2,1-4H3/b21-13-/t23-/m0/s1. The van der Waals surface area contributed by atoms with E-state index in [-0.39, 0.29) is 33.7 Å². The Morgan fingerprint density at radius 3 is 2.58 bits per heavy atom. The summed E-state index contributed by atoms with van der Waals surface area (Å²) in [6.07, 6.45) is 1.40. The van der Waals surface area contributed by atoms with Gasteiger partial charge in [0.25, 0.3) is 11.2 Å². The fraction of sp³-hybridized carbons (Fsp3) is 0.269. The summed E-state index contributed by atoms with van der Waals surface area (Å²) in [6.45, 7) is 7.74. The molecule has 0 fully saturated rings. The van der Waals surface area contributed by atoms with Crippen LogP contribution in [-0.2, 0) is 9.53 Å². The molecule has 4 rings (SSSR count). The molecule has 1 aliphatic rings. The van der Waals surface area contributed by atoms with E-state index in [1.807, 2.05) is 24.3 Å². The molecular formula is C26H25N3O6S. The second-order valence-electron chi connectivity index (χ2n) is 8.62. The summed E-state index contributed by atoms with van der Waals surface area (Å²) in [7, 11) is 0. The maximum Gasteiger partial charge on any atom is 0.338 e. The number of ether oxygens (including phenoxy) is 1. The summed E-state index contributed by atoms with van der Waals surface area (Å²) >= 11 is 1.08. The predicted octanol–water partition coefficient (Wildman–Crippen LogP) is 3.54. The fourth-order valence-electron chi connectivity index (χ4n) is 4.08. The van der Waals surface area contributed by atoms with E-state index in [9.17, 15) is 24.8 Å². The molecule has 1 aromatic heterocycles. The molecule has 0 aliphatic carbocycles. The first-order valence-electron chi connectivity index (χ1n) is 11.4. The first-order valence-corrected chi connectivity index (χ1v) is 12.2. The second kappa shape index (κ2) is 9.90. The molecule has 0 amide bonds. The Hall–Kier alpha value is -4.05. The van der Waals surface area contributed by atoms with Crippen molar-refractivity contribution < 1.29 is 19.6 Å². The Morgan fingerprint density at radius 2 is 1.97 bits per heavy atom. The maximum absolute atomic E-state index is 13.6. The lowest BCUT2D eigenvalue weighted by Gasteiger charge is -2.25. The number of aromatic nitrogens is 1. The number of aromatic hydroxyl groups is 1. The number of carbonyl (C=O) groups excluding carboxylic acids is 1. The van der Waals surface area contributed by atoms with Crippen molar-refractivity contribution in [3.05, 3.63) is 100 Å². The first-order chi connectivity index (χ1) is 17.1. The Morgan fingerprint density at radius 1 is 1.28 bits per heavy atom. The summed E-state index contributed by atoms with van der Waals surface area (Å²) in [6, 6.07) is 10.5. The van der Waals surface area contributed by atoms with Gasteiger partial charge in [0.1, 0.15) is 5.75 Å². The van der Waals surface area contributed by atoms with Crippen LogP contribution in [0, 0.1) is 10.1 Å². The number of phenols is 1. The molecule has 0 saturated carbocycles. The highest BCUT2D eigenvalue weighted by atomic mass is 32.1. The first kappa shape index (κ1) is 25.1. The lowest BCUT2D eigenvalue weighted by Crippen LogP contribution is -2.39. The van der Waals surface area contributed by atoms with E-state index in [1.165, 1.54) is 28.8 Å². The molecule has 1 N–H and O–H groups in total. The lowest BCUT2D eigenvalue weighted by molar-refractivity contribution is -0.384. The Labute approximate surface area is 210 Å². The van der Waals surface area contributed by atoms with Gasteiger partial charge in [-0.3, -0.25) is 19.5 Å². The van der Waals surface area contributed by atoms with E-state index in [0.29, 0.717) is 16.4 Å². The van der Waals surface area contributed by atoms with Crippen molar-refractivity contribution in [1.29, 1.82) is 0 Å². The maximum atomic E-state index is 13.6. The average Bonchev–Trinajstić information content (AvgIpc) is 3.14. The van der Waals surface area contributed by atoms with Crippen molar-refractivity contribution in [2.45, 2.75) is 39.7 Å². The predicted molar refractivity (Wildman–Crippen MR) is 136 cm³/mol. The summed E-state index contributed by atoms with van der Waals surface area (Å²) in [5, 5.41) is 21.4. The smallest absolute Gasteiger partial charge is 0.338 e. The van der Waals surface area contributed by atoms with Gasteiger partial charge in [-0.15, -0.1) is 0 Å². The highest BCUT2D eigenvalue weighted by molar-refractivity contribution is 7.07. The minimum Gasteiger partial charge on any atom is -0.507 e. The van der Waals surface area contributed by atoms with Gasteiger partial charge in [0.05, 0.1) is 33.4 Å². The van der Waals surface area contributed by atoms with Gasteiger partial charge in [-0.2, -0.15) is 0 Å². The summed E-state index contributed by atoms with van der Waals surface area (Å²) in [4.78, 5) is 42.1. The SMILES string of the molecule is CCOC(=O)C1=C(C)N=c2s/c(=C\c3cc([N+](=O)[O-])ccc3O)c(=O)n2[C@H]1c1ccc(C(C)C)cc1. The van der Waals surface area contributed by atoms with Gasteiger partial charge in [0.2, 0.25) is 0 Å². The van der Waals surface area contributed by atoms with Crippen molar-refractivity contribution in [2.75, 3.05) is 6.61 Å². The molecule has 2 aromatic carbocycles. The van der Waals surface area contributed by atoms with Gasteiger partial charge >= 0.3 is 5.97 Å². The van der Waals surface area contributed by atoms with Gasteiger partial charge in [-0.05, 0) is 43.0 Å². The van der Waals surface area contributed by atoms with Crippen LogP contribution in [0.15, 0.2) is 63.5 Å². The summed E-state index contributed by atoms with van der Waals surface area (Å²) < 4.78 is 6.95. The van der Waals surface area contributed by atoms with Crippen LogP contribution in [0.3, 0.4) is 0 Å². The summed E-state index contributed by atoms with van der Waals surface area (Å²) in [5.74, 6) is -0.441. The van der Waals surface area contributed by atoms with E-state index in [1.54, 1.807) is 13.8 Å². The number of non-ortho nitro benzene ring substituents is 1. The molecule has 10 heteroatoms. The van der Waals surface area contributed by atoms with Gasteiger partial charge in [-0.1, -0.05) is 49.4 Å². The minimum absolute atomic E-state index is 0.133. The minimum atomic E-state index is -0.762. The van der Waals surface area contributed by atoms with Crippen LogP contribution >= 0.6 is 11.3 Å².